The number of rotatable bonds is 4. The molecule has 0 saturated heterocycles. The number of aromatic amines is 1. The summed E-state index contributed by atoms with van der Waals surface area (Å²) >= 11 is 20.0. The second kappa shape index (κ2) is 8.08. The Kier molecular flexibility index (Phi) is 5.95. The molecule has 0 aliphatic heterocycles. The van der Waals surface area contributed by atoms with Gasteiger partial charge in [0.1, 0.15) is 5.75 Å². The molecule has 3 aromatic rings. The van der Waals surface area contributed by atoms with Gasteiger partial charge in [-0.15, -0.1) is 0 Å². The second-order valence-electron chi connectivity index (χ2n) is 5.55. The van der Waals surface area contributed by atoms with Gasteiger partial charge in [0.05, 0.1) is 27.7 Å². The third-order valence-corrected chi connectivity index (χ3v) is 6.02. The smallest absolute Gasteiger partial charge is 0.340 e. The molecule has 3 rings (SSSR count). The van der Waals surface area contributed by atoms with E-state index in [2.05, 4.69) is 4.98 Å². The van der Waals surface area contributed by atoms with Gasteiger partial charge in [0.15, 0.2) is 0 Å². The highest BCUT2D eigenvalue weighted by Gasteiger charge is 2.16. The molecule has 2 aromatic carbocycles. The van der Waals surface area contributed by atoms with Crippen LogP contribution in [0.5, 0.6) is 5.75 Å². The van der Waals surface area contributed by atoms with Gasteiger partial charge in [-0.1, -0.05) is 46.6 Å². The Bertz CT molecular complexity index is 1230. The van der Waals surface area contributed by atoms with E-state index in [1.165, 1.54) is 38.1 Å². The molecule has 0 amide bonds. The van der Waals surface area contributed by atoms with E-state index in [1.807, 2.05) is 0 Å². The van der Waals surface area contributed by atoms with Gasteiger partial charge in [0, 0.05) is 17.0 Å². The number of aromatic nitrogens is 3. The standard InChI is InChI=1S/C17H12Cl3N3O4S/c1-22-15(24)21-16(25)23(17(22)26)9-6-10(19)14(11(20)7-9)28-13-5-8(18)3-4-12(13)27-2/h3-7H,1-2H3,(H,21,24,25). The van der Waals surface area contributed by atoms with Crippen molar-refractivity contribution in [3.63, 3.8) is 0 Å². The summed E-state index contributed by atoms with van der Waals surface area (Å²) in [5, 5.41) is 0.916. The minimum absolute atomic E-state index is 0.124. The molecular weight excluding hydrogens is 449 g/mol. The molecule has 0 aliphatic carbocycles. The SMILES string of the molecule is COc1ccc(Cl)cc1Sc1c(Cl)cc(-n2c(=O)[nH]c(=O)n(C)c2=O)cc1Cl. The maximum atomic E-state index is 12.3. The number of benzene rings is 2. The summed E-state index contributed by atoms with van der Waals surface area (Å²) in [5.74, 6) is 0.580. The molecule has 1 aromatic heterocycles. The van der Waals surface area contributed by atoms with Crippen molar-refractivity contribution in [2.75, 3.05) is 7.11 Å². The van der Waals surface area contributed by atoms with Gasteiger partial charge in [-0.2, -0.15) is 0 Å². The normalized spacial score (nSPS) is 10.9. The van der Waals surface area contributed by atoms with E-state index < -0.39 is 17.1 Å². The number of ether oxygens (including phenoxy) is 1. The van der Waals surface area contributed by atoms with Crippen molar-refractivity contribution >= 4 is 46.6 Å². The van der Waals surface area contributed by atoms with Crippen LogP contribution in [0.3, 0.4) is 0 Å². The average molecular weight is 461 g/mol. The molecule has 0 spiro atoms. The Morgan fingerprint density at radius 2 is 1.64 bits per heavy atom. The van der Waals surface area contributed by atoms with Crippen LogP contribution < -0.4 is 21.8 Å². The van der Waals surface area contributed by atoms with E-state index in [-0.39, 0.29) is 15.7 Å². The lowest BCUT2D eigenvalue weighted by molar-refractivity contribution is 0.405. The van der Waals surface area contributed by atoms with Crippen LogP contribution in [0.1, 0.15) is 0 Å². The predicted molar refractivity (Wildman–Crippen MR) is 110 cm³/mol. The fourth-order valence-electron chi connectivity index (χ4n) is 2.40. The van der Waals surface area contributed by atoms with Crippen molar-refractivity contribution in [1.29, 1.82) is 0 Å². The molecule has 11 heteroatoms. The van der Waals surface area contributed by atoms with Crippen LogP contribution in [0.15, 0.2) is 54.5 Å². The number of H-pyrrole nitrogens is 1. The summed E-state index contributed by atoms with van der Waals surface area (Å²) in [6, 6.07) is 7.93. The molecule has 146 valence electrons. The molecule has 0 radical (unpaired) electrons. The van der Waals surface area contributed by atoms with Crippen LogP contribution in [-0.2, 0) is 7.05 Å². The fraction of sp³-hybridized carbons (Fsp3) is 0.118. The highest BCUT2D eigenvalue weighted by Crippen LogP contribution is 2.43. The van der Waals surface area contributed by atoms with Gasteiger partial charge < -0.3 is 4.74 Å². The Hall–Kier alpha value is -2.13. The predicted octanol–water partition coefficient (Wildman–Crippen LogP) is 3.34. The monoisotopic (exact) mass is 459 g/mol. The molecule has 0 atom stereocenters. The van der Waals surface area contributed by atoms with E-state index >= 15 is 0 Å². The fourth-order valence-corrected chi connectivity index (χ4v) is 4.31. The lowest BCUT2D eigenvalue weighted by Crippen LogP contribution is -2.47. The molecule has 1 heterocycles. The quantitative estimate of drug-likeness (QED) is 0.645. The van der Waals surface area contributed by atoms with Gasteiger partial charge >= 0.3 is 17.1 Å². The molecule has 0 aliphatic rings. The third kappa shape index (κ3) is 3.86. The van der Waals surface area contributed by atoms with E-state index in [4.69, 9.17) is 39.5 Å². The van der Waals surface area contributed by atoms with E-state index in [0.29, 0.717) is 20.6 Å². The lowest BCUT2D eigenvalue weighted by atomic mass is 10.3. The van der Waals surface area contributed by atoms with Crippen molar-refractivity contribution in [1.82, 2.24) is 14.1 Å². The first-order valence-electron chi connectivity index (χ1n) is 7.66. The van der Waals surface area contributed by atoms with Crippen molar-refractivity contribution in [2.45, 2.75) is 9.79 Å². The second-order valence-corrected chi connectivity index (χ2v) is 7.85. The molecule has 0 fully saturated rings. The molecule has 7 nitrogen and oxygen atoms in total. The number of methoxy groups -OCH3 is 1. The van der Waals surface area contributed by atoms with Gasteiger partial charge in [0.2, 0.25) is 0 Å². The Morgan fingerprint density at radius 1 is 1.00 bits per heavy atom. The van der Waals surface area contributed by atoms with Crippen LogP contribution in [0, 0.1) is 0 Å². The third-order valence-electron chi connectivity index (χ3n) is 3.78. The highest BCUT2D eigenvalue weighted by atomic mass is 35.5. The van der Waals surface area contributed by atoms with Crippen molar-refractivity contribution in [2.24, 2.45) is 7.05 Å². The first-order valence-corrected chi connectivity index (χ1v) is 9.61. The highest BCUT2D eigenvalue weighted by molar-refractivity contribution is 7.99. The number of hydrogen-bond donors (Lipinski definition) is 1. The lowest BCUT2D eigenvalue weighted by Gasteiger charge is -2.13. The van der Waals surface area contributed by atoms with Crippen LogP contribution in [0.25, 0.3) is 5.69 Å². The Morgan fingerprint density at radius 3 is 2.25 bits per heavy atom. The van der Waals surface area contributed by atoms with Crippen molar-refractivity contribution in [3.8, 4) is 11.4 Å². The molecule has 1 N–H and O–H groups in total. The van der Waals surface area contributed by atoms with E-state index in [1.54, 1.807) is 18.2 Å². The van der Waals surface area contributed by atoms with E-state index in [9.17, 15) is 14.4 Å². The molecular formula is C17H12Cl3N3O4S. The first kappa shape index (κ1) is 20.6. The number of nitrogens with one attached hydrogen (secondary N) is 1. The molecule has 0 unspecified atom stereocenters. The zero-order valence-corrected chi connectivity index (χ0v) is 17.5. The maximum Gasteiger partial charge on any atom is 0.340 e. The largest absolute Gasteiger partial charge is 0.496 e. The summed E-state index contributed by atoms with van der Waals surface area (Å²) in [7, 11) is 2.77. The molecule has 0 saturated carbocycles. The zero-order chi connectivity index (χ0) is 20.6. The topological polar surface area (TPSA) is 86.1 Å². The zero-order valence-electron chi connectivity index (χ0n) is 14.5. The van der Waals surface area contributed by atoms with Crippen molar-refractivity contribution in [3.05, 3.63) is 76.9 Å². The maximum absolute atomic E-state index is 12.3. The van der Waals surface area contributed by atoms with E-state index in [0.717, 1.165) is 9.13 Å². The summed E-state index contributed by atoms with van der Waals surface area (Å²) in [6.07, 6.45) is 0. The Labute approximate surface area is 177 Å². The summed E-state index contributed by atoms with van der Waals surface area (Å²) < 4.78 is 6.85. The summed E-state index contributed by atoms with van der Waals surface area (Å²) in [4.78, 5) is 39.2. The van der Waals surface area contributed by atoms with Gasteiger partial charge in [-0.25, -0.2) is 23.5 Å². The number of hydrogen-bond acceptors (Lipinski definition) is 5. The van der Waals surface area contributed by atoms with Crippen LogP contribution in [-0.4, -0.2) is 21.2 Å². The first-order chi connectivity index (χ1) is 13.2. The summed E-state index contributed by atoms with van der Waals surface area (Å²) in [6.45, 7) is 0. The van der Waals surface area contributed by atoms with Gasteiger partial charge in [0.25, 0.3) is 0 Å². The minimum Gasteiger partial charge on any atom is -0.496 e. The van der Waals surface area contributed by atoms with Gasteiger partial charge in [-0.3, -0.25) is 4.98 Å². The minimum atomic E-state index is -0.892. The van der Waals surface area contributed by atoms with Crippen LogP contribution in [0.4, 0.5) is 0 Å². The molecule has 0 bridgehead atoms. The number of nitrogens with zero attached hydrogens (tertiary/aromatic N) is 2. The average Bonchev–Trinajstić information content (AvgIpc) is 2.63. The van der Waals surface area contributed by atoms with Crippen LogP contribution >= 0.6 is 46.6 Å². The summed E-state index contributed by atoms with van der Waals surface area (Å²) in [5.41, 5.74) is -2.40. The van der Waals surface area contributed by atoms with Crippen LogP contribution in [0.2, 0.25) is 15.1 Å². The number of halogens is 3. The van der Waals surface area contributed by atoms with Crippen molar-refractivity contribution < 1.29 is 4.74 Å². The Balaban J connectivity index is 2.13. The van der Waals surface area contributed by atoms with Gasteiger partial charge in [-0.05, 0) is 30.3 Å². The molecule has 28 heavy (non-hydrogen) atoms.